The van der Waals surface area contributed by atoms with Crippen LogP contribution in [-0.4, -0.2) is 37.7 Å². The maximum atomic E-state index is 12.3. The molecule has 0 aliphatic heterocycles. The minimum Gasteiger partial charge on any atom is -0.493 e. The molecular formula is C24H19Br2N3O5. The summed E-state index contributed by atoms with van der Waals surface area (Å²) in [7, 11) is 1.45. The smallest absolute Gasteiger partial charge is 0.343 e. The van der Waals surface area contributed by atoms with Crippen molar-refractivity contribution in [2.45, 2.75) is 0 Å². The molecule has 0 aliphatic rings. The van der Waals surface area contributed by atoms with Gasteiger partial charge in [0.05, 0.1) is 31.0 Å². The van der Waals surface area contributed by atoms with Gasteiger partial charge in [-0.3, -0.25) is 9.59 Å². The lowest BCUT2D eigenvalue weighted by Gasteiger charge is -2.10. The van der Waals surface area contributed by atoms with Gasteiger partial charge in [0, 0.05) is 8.95 Å². The topological polar surface area (TPSA) is 106 Å². The molecule has 0 unspecified atom stereocenters. The van der Waals surface area contributed by atoms with Gasteiger partial charge in [-0.15, -0.1) is 0 Å². The van der Waals surface area contributed by atoms with E-state index in [1.165, 1.54) is 13.3 Å². The average molecular weight is 589 g/mol. The van der Waals surface area contributed by atoms with Gasteiger partial charge in [0.1, 0.15) is 0 Å². The van der Waals surface area contributed by atoms with Crippen molar-refractivity contribution in [2.75, 3.05) is 13.7 Å². The van der Waals surface area contributed by atoms with Crippen molar-refractivity contribution >= 4 is 55.9 Å². The molecule has 10 heteroatoms. The van der Waals surface area contributed by atoms with Gasteiger partial charge in [0.2, 0.25) is 0 Å². The van der Waals surface area contributed by atoms with E-state index in [9.17, 15) is 14.4 Å². The number of ether oxygens (including phenoxy) is 2. The van der Waals surface area contributed by atoms with Gasteiger partial charge in [-0.25, -0.2) is 10.2 Å². The van der Waals surface area contributed by atoms with E-state index < -0.39 is 11.9 Å². The van der Waals surface area contributed by atoms with E-state index in [4.69, 9.17) is 9.47 Å². The number of esters is 1. The number of halogens is 2. The second kappa shape index (κ2) is 12.1. The van der Waals surface area contributed by atoms with E-state index in [1.54, 1.807) is 66.7 Å². The lowest BCUT2D eigenvalue weighted by molar-refractivity contribution is -0.120. The molecule has 2 amide bonds. The number of rotatable bonds is 8. The van der Waals surface area contributed by atoms with Crippen molar-refractivity contribution in [1.82, 2.24) is 10.7 Å². The van der Waals surface area contributed by atoms with Crippen LogP contribution in [0.5, 0.6) is 11.5 Å². The Labute approximate surface area is 212 Å². The first kappa shape index (κ1) is 25.1. The van der Waals surface area contributed by atoms with Crippen molar-refractivity contribution in [3.8, 4) is 11.5 Å². The highest BCUT2D eigenvalue weighted by Gasteiger charge is 2.13. The van der Waals surface area contributed by atoms with Crippen LogP contribution in [0.15, 0.2) is 80.8 Å². The third-order valence-corrected chi connectivity index (χ3v) is 5.62. The molecule has 0 bridgehead atoms. The molecule has 0 aromatic heterocycles. The molecule has 174 valence electrons. The van der Waals surface area contributed by atoms with Gasteiger partial charge in [0.15, 0.2) is 11.5 Å². The van der Waals surface area contributed by atoms with Gasteiger partial charge in [-0.2, -0.15) is 5.10 Å². The second-order valence-electron chi connectivity index (χ2n) is 6.76. The third kappa shape index (κ3) is 7.00. The normalized spacial score (nSPS) is 10.6. The summed E-state index contributed by atoms with van der Waals surface area (Å²) in [5, 5.41) is 6.40. The first-order valence-electron chi connectivity index (χ1n) is 9.88. The fourth-order valence-electron chi connectivity index (χ4n) is 2.71. The van der Waals surface area contributed by atoms with Crippen LogP contribution in [-0.2, 0) is 4.79 Å². The summed E-state index contributed by atoms with van der Waals surface area (Å²) in [6, 6.07) is 18.5. The Morgan fingerprint density at radius 2 is 1.71 bits per heavy atom. The quantitative estimate of drug-likeness (QED) is 0.176. The number of nitrogens with one attached hydrogen (secondary N) is 2. The number of carbonyl (C=O) groups excluding carboxylic acids is 3. The minimum atomic E-state index is -0.524. The molecular weight excluding hydrogens is 570 g/mol. The number of hydrazone groups is 1. The minimum absolute atomic E-state index is 0.242. The zero-order valence-corrected chi connectivity index (χ0v) is 21.1. The highest BCUT2D eigenvalue weighted by Crippen LogP contribution is 2.28. The average Bonchev–Trinajstić information content (AvgIpc) is 2.84. The summed E-state index contributed by atoms with van der Waals surface area (Å²) in [5.41, 5.74) is 3.75. The van der Waals surface area contributed by atoms with Crippen molar-refractivity contribution in [2.24, 2.45) is 5.10 Å². The molecule has 3 aromatic rings. The van der Waals surface area contributed by atoms with E-state index in [-0.39, 0.29) is 18.2 Å². The van der Waals surface area contributed by atoms with Crippen molar-refractivity contribution in [3.05, 3.63) is 92.4 Å². The Hall–Kier alpha value is -3.50. The van der Waals surface area contributed by atoms with Crippen molar-refractivity contribution in [1.29, 1.82) is 0 Å². The highest BCUT2D eigenvalue weighted by atomic mass is 79.9. The fraction of sp³-hybridized carbons (Fsp3) is 0.0833. The molecule has 0 heterocycles. The summed E-state index contributed by atoms with van der Waals surface area (Å²) >= 11 is 6.61. The van der Waals surface area contributed by atoms with E-state index in [1.807, 2.05) is 0 Å². The van der Waals surface area contributed by atoms with E-state index in [0.717, 1.165) is 4.47 Å². The van der Waals surface area contributed by atoms with Gasteiger partial charge in [-0.05, 0) is 76.1 Å². The van der Waals surface area contributed by atoms with Gasteiger partial charge < -0.3 is 14.8 Å². The van der Waals surface area contributed by atoms with Gasteiger partial charge in [-0.1, -0.05) is 28.1 Å². The van der Waals surface area contributed by atoms with Crippen molar-refractivity contribution in [3.63, 3.8) is 0 Å². The Morgan fingerprint density at radius 1 is 0.971 bits per heavy atom. The van der Waals surface area contributed by atoms with E-state index >= 15 is 0 Å². The molecule has 34 heavy (non-hydrogen) atoms. The first-order chi connectivity index (χ1) is 16.4. The summed E-state index contributed by atoms with van der Waals surface area (Å²) in [6.45, 7) is -0.244. The second-order valence-corrected chi connectivity index (χ2v) is 8.53. The number of benzene rings is 3. The fourth-order valence-corrected chi connectivity index (χ4v) is 3.44. The monoisotopic (exact) mass is 587 g/mol. The largest absolute Gasteiger partial charge is 0.493 e. The van der Waals surface area contributed by atoms with E-state index in [2.05, 4.69) is 47.7 Å². The number of carbonyl (C=O) groups is 3. The highest BCUT2D eigenvalue weighted by molar-refractivity contribution is 9.10. The summed E-state index contributed by atoms with van der Waals surface area (Å²) in [4.78, 5) is 36.5. The molecule has 0 spiro atoms. The Kier molecular flexibility index (Phi) is 8.94. The summed E-state index contributed by atoms with van der Waals surface area (Å²) in [5.74, 6) is -0.842. The Balaban J connectivity index is 1.54. The first-order valence-corrected chi connectivity index (χ1v) is 11.5. The molecule has 3 rings (SSSR count). The third-order valence-electron chi connectivity index (χ3n) is 4.40. The zero-order chi connectivity index (χ0) is 24.5. The predicted molar refractivity (Wildman–Crippen MR) is 134 cm³/mol. The predicted octanol–water partition coefficient (Wildman–Crippen LogP) is 4.32. The van der Waals surface area contributed by atoms with Crippen LogP contribution in [0.4, 0.5) is 0 Å². The lowest BCUT2D eigenvalue weighted by Crippen LogP contribution is -2.35. The Bertz CT molecular complexity index is 1230. The number of nitrogens with zero attached hydrogens (tertiary/aromatic N) is 1. The van der Waals surface area contributed by atoms with E-state index in [0.29, 0.717) is 26.9 Å². The standard InChI is InChI=1S/C24H19Br2N3O5/c1-33-21-12-15(6-11-20(21)34-24(32)16-7-9-17(25)10-8-16)13-28-29-22(30)14-27-23(31)18-4-2-3-5-19(18)26/h2-13H,14H2,1H3,(H,27,31)(H,29,30)/b28-13-. The SMILES string of the molecule is COc1cc(/C=N\NC(=O)CNC(=O)c2ccccc2Br)ccc1OC(=O)c1ccc(Br)cc1. The molecule has 0 saturated heterocycles. The lowest BCUT2D eigenvalue weighted by atomic mass is 10.2. The van der Waals surface area contributed by atoms with Crippen LogP contribution >= 0.6 is 31.9 Å². The van der Waals surface area contributed by atoms with Gasteiger partial charge >= 0.3 is 5.97 Å². The number of hydrogen-bond donors (Lipinski definition) is 2. The van der Waals surface area contributed by atoms with Crippen LogP contribution in [0.25, 0.3) is 0 Å². The van der Waals surface area contributed by atoms with Crippen LogP contribution in [0, 0.1) is 0 Å². The van der Waals surface area contributed by atoms with Gasteiger partial charge in [0.25, 0.3) is 11.8 Å². The van der Waals surface area contributed by atoms with Crippen LogP contribution < -0.4 is 20.2 Å². The number of amides is 2. The van der Waals surface area contributed by atoms with Crippen LogP contribution in [0.1, 0.15) is 26.3 Å². The maximum Gasteiger partial charge on any atom is 0.343 e. The Morgan fingerprint density at radius 3 is 2.41 bits per heavy atom. The summed E-state index contributed by atoms with van der Waals surface area (Å²) in [6.07, 6.45) is 1.40. The van der Waals surface area contributed by atoms with Crippen LogP contribution in [0.3, 0.4) is 0 Å². The maximum absolute atomic E-state index is 12.3. The zero-order valence-electron chi connectivity index (χ0n) is 17.9. The molecule has 2 N–H and O–H groups in total. The molecule has 0 saturated carbocycles. The molecule has 3 aromatic carbocycles. The molecule has 0 radical (unpaired) electrons. The number of hydrogen-bond acceptors (Lipinski definition) is 6. The molecule has 0 atom stereocenters. The molecule has 0 fully saturated rings. The molecule has 0 aliphatic carbocycles. The summed E-state index contributed by atoms with van der Waals surface area (Å²) < 4.78 is 12.2. The van der Waals surface area contributed by atoms with Crippen molar-refractivity contribution < 1.29 is 23.9 Å². The number of methoxy groups -OCH3 is 1. The molecule has 8 nitrogen and oxygen atoms in total. The van der Waals surface area contributed by atoms with Crippen LogP contribution in [0.2, 0.25) is 0 Å².